The maximum absolute atomic E-state index is 12.5. The van der Waals surface area contributed by atoms with E-state index in [9.17, 15) is 4.79 Å². The van der Waals surface area contributed by atoms with Gasteiger partial charge in [0.2, 0.25) is 17.6 Å². The topological polar surface area (TPSA) is 59.2 Å². The fourth-order valence-corrected chi connectivity index (χ4v) is 3.71. The third-order valence-corrected chi connectivity index (χ3v) is 5.78. The molecule has 27 heavy (non-hydrogen) atoms. The molecule has 1 heterocycles. The number of carbonyl (C=O) groups excluding carboxylic acids is 1. The first-order valence-corrected chi connectivity index (χ1v) is 10.1. The highest BCUT2D eigenvalue weighted by Crippen LogP contribution is 2.27. The summed E-state index contributed by atoms with van der Waals surface area (Å²) in [6.07, 6.45) is 5.55. The van der Waals surface area contributed by atoms with E-state index in [2.05, 4.69) is 43.0 Å². The lowest BCUT2D eigenvalue weighted by molar-refractivity contribution is -0.132. The van der Waals surface area contributed by atoms with Gasteiger partial charge in [-0.15, -0.1) is 0 Å². The number of rotatable bonds is 6. The van der Waals surface area contributed by atoms with Crippen molar-refractivity contribution in [3.63, 3.8) is 0 Å². The molecule has 5 heteroatoms. The first-order chi connectivity index (χ1) is 12.9. The number of nitrogens with zero attached hydrogens (tertiary/aromatic N) is 3. The van der Waals surface area contributed by atoms with Gasteiger partial charge in [0.1, 0.15) is 0 Å². The molecular weight excluding hydrogens is 338 g/mol. The highest BCUT2D eigenvalue weighted by molar-refractivity contribution is 5.76. The summed E-state index contributed by atoms with van der Waals surface area (Å²) in [6, 6.07) is 8.62. The molecule has 1 aromatic carbocycles. The molecular formula is C22H31N3O2. The minimum absolute atomic E-state index is 0.163. The van der Waals surface area contributed by atoms with Gasteiger partial charge in [-0.3, -0.25) is 4.79 Å². The highest BCUT2D eigenvalue weighted by atomic mass is 16.5. The Morgan fingerprint density at radius 2 is 1.85 bits per heavy atom. The van der Waals surface area contributed by atoms with Gasteiger partial charge in [-0.25, -0.2) is 0 Å². The van der Waals surface area contributed by atoms with Crippen LogP contribution in [-0.4, -0.2) is 34.0 Å². The number of aryl methyl sites for hydroxylation is 1. The summed E-state index contributed by atoms with van der Waals surface area (Å²) >= 11 is 0. The Morgan fingerprint density at radius 1 is 1.19 bits per heavy atom. The van der Waals surface area contributed by atoms with Gasteiger partial charge in [-0.05, 0) is 43.1 Å². The summed E-state index contributed by atoms with van der Waals surface area (Å²) < 4.78 is 5.35. The molecule has 1 saturated carbocycles. The van der Waals surface area contributed by atoms with Crippen LogP contribution in [0.25, 0.3) is 11.4 Å². The molecule has 0 spiro atoms. The number of benzene rings is 1. The Kier molecular flexibility index (Phi) is 6.30. The van der Waals surface area contributed by atoms with Gasteiger partial charge in [-0.1, -0.05) is 50.2 Å². The van der Waals surface area contributed by atoms with Crippen LogP contribution in [0.1, 0.15) is 70.2 Å². The van der Waals surface area contributed by atoms with Crippen molar-refractivity contribution in [2.45, 2.75) is 71.3 Å². The van der Waals surface area contributed by atoms with Crippen LogP contribution in [0.5, 0.6) is 0 Å². The van der Waals surface area contributed by atoms with Gasteiger partial charge in [0, 0.05) is 31.5 Å². The van der Waals surface area contributed by atoms with Gasteiger partial charge in [0.15, 0.2) is 0 Å². The molecule has 1 aromatic heterocycles. The molecule has 0 atom stereocenters. The lowest BCUT2D eigenvalue weighted by Crippen LogP contribution is -2.39. The van der Waals surface area contributed by atoms with Crippen LogP contribution in [-0.2, 0) is 11.2 Å². The van der Waals surface area contributed by atoms with E-state index in [4.69, 9.17) is 4.52 Å². The van der Waals surface area contributed by atoms with Gasteiger partial charge in [0.25, 0.3) is 0 Å². The van der Waals surface area contributed by atoms with Crippen molar-refractivity contribution in [2.75, 3.05) is 7.05 Å². The van der Waals surface area contributed by atoms with Crippen molar-refractivity contribution in [2.24, 2.45) is 5.92 Å². The Morgan fingerprint density at radius 3 is 2.48 bits per heavy atom. The summed E-state index contributed by atoms with van der Waals surface area (Å²) in [4.78, 5) is 18.9. The maximum atomic E-state index is 12.5. The van der Waals surface area contributed by atoms with Crippen LogP contribution >= 0.6 is 0 Å². The molecule has 0 unspecified atom stereocenters. The highest BCUT2D eigenvalue weighted by Gasteiger charge is 2.24. The van der Waals surface area contributed by atoms with E-state index < -0.39 is 0 Å². The standard InChI is InChI=1S/C22H31N3O2/c1-15(2)17-7-9-18(10-8-17)22-23-20(27-24-22)13-14-21(26)25(4)19-11-5-16(3)6-12-19/h7-10,15-16,19H,5-6,11-14H2,1-4H3. The van der Waals surface area contributed by atoms with Gasteiger partial charge in [0.05, 0.1) is 0 Å². The molecule has 1 amide bonds. The fourth-order valence-electron chi connectivity index (χ4n) is 3.71. The smallest absolute Gasteiger partial charge is 0.227 e. The minimum Gasteiger partial charge on any atom is -0.343 e. The van der Waals surface area contributed by atoms with E-state index >= 15 is 0 Å². The zero-order valence-electron chi connectivity index (χ0n) is 16.9. The van der Waals surface area contributed by atoms with Crippen LogP contribution in [0.3, 0.4) is 0 Å². The molecule has 0 saturated heterocycles. The van der Waals surface area contributed by atoms with Crippen molar-refractivity contribution in [1.29, 1.82) is 0 Å². The van der Waals surface area contributed by atoms with Crippen molar-refractivity contribution in [3.8, 4) is 11.4 Å². The van der Waals surface area contributed by atoms with Crippen molar-refractivity contribution in [3.05, 3.63) is 35.7 Å². The molecule has 0 radical (unpaired) electrons. The predicted octanol–water partition coefficient (Wildman–Crippen LogP) is 4.83. The second kappa shape index (κ2) is 8.68. The third-order valence-electron chi connectivity index (χ3n) is 5.78. The Balaban J connectivity index is 1.54. The van der Waals surface area contributed by atoms with Crippen LogP contribution in [0.15, 0.2) is 28.8 Å². The molecule has 0 N–H and O–H groups in total. The number of hydrogen-bond acceptors (Lipinski definition) is 4. The van der Waals surface area contributed by atoms with Crippen LogP contribution in [0.4, 0.5) is 0 Å². The number of amides is 1. The van der Waals surface area contributed by atoms with Gasteiger partial charge < -0.3 is 9.42 Å². The Hall–Kier alpha value is -2.17. The van der Waals surface area contributed by atoms with Gasteiger partial charge >= 0.3 is 0 Å². The first-order valence-electron chi connectivity index (χ1n) is 10.1. The van der Waals surface area contributed by atoms with E-state index in [0.717, 1.165) is 24.3 Å². The molecule has 1 fully saturated rings. The average molecular weight is 370 g/mol. The quantitative estimate of drug-likeness (QED) is 0.732. The second-order valence-corrected chi connectivity index (χ2v) is 8.21. The largest absolute Gasteiger partial charge is 0.343 e. The summed E-state index contributed by atoms with van der Waals surface area (Å²) in [5.41, 5.74) is 2.22. The summed E-state index contributed by atoms with van der Waals surface area (Å²) in [7, 11) is 1.93. The van der Waals surface area contributed by atoms with Crippen molar-refractivity contribution >= 4 is 5.91 Å². The molecule has 0 aliphatic heterocycles. The lowest BCUT2D eigenvalue weighted by Gasteiger charge is -2.33. The van der Waals surface area contributed by atoms with E-state index in [1.54, 1.807) is 0 Å². The SMILES string of the molecule is CC1CCC(N(C)C(=O)CCc2nc(-c3ccc(C(C)C)cc3)no2)CC1. The van der Waals surface area contributed by atoms with E-state index in [0.29, 0.717) is 36.5 Å². The molecule has 2 aromatic rings. The number of hydrogen-bond donors (Lipinski definition) is 0. The van der Waals surface area contributed by atoms with E-state index in [1.807, 2.05) is 24.1 Å². The van der Waals surface area contributed by atoms with Gasteiger partial charge in [-0.2, -0.15) is 4.98 Å². The first kappa shape index (κ1) is 19.6. The fraction of sp³-hybridized carbons (Fsp3) is 0.591. The van der Waals surface area contributed by atoms with Crippen LogP contribution < -0.4 is 0 Å². The summed E-state index contributed by atoms with van der Waals surface area (Å²) in [5, 5.41) is 4.07. The predicted molar refractivity (Wildman–Crippen MR) is 106 cm³/mol. The molecule has 146 valence electrons. The van der Waals surface area contributed by atoms with Crippen LogP contribution in [0, 0.1) is 5.92 Å². The Labute approximate surface area is 162 Å². The van der Waals surface area contributed by atoms with Crippen molar-refractivity contribution in [1.82, 2.24) is 15.0 Å². The maximum Gasteiger partial charge on any atom is 0.227 e. The second-order valence-electron chi connectivity index (χ2n) is 8.21. The number of aromatic nitrogens is 2. The third kappa shape index (κ3) is 4.96. The average Bonchev–Trinajstić information content (AvgIpc) is 3.15. The monoisotopic (exact) mass is 369 g/mol. The molecule has 0 bridgehead atoms. The Bertz CT molecular complexity index is 743. The molecule has 1 aliphatic rings. The summed E-state index contributed by atoms with van der Waals surface area (Å²) in [6.45, 7) is 6.63. The minimum atomic E-state index is 0.163. The molecule has 5 nitrogen and oxygen atoms in total. The number of carbonyl (C=O) groups is 1. The lowest BCUT2D eigenvalue weighted by atomic mass is 9.86. The zero-order valence-corrected chi connectivity index (χ0v) is 16.9. The normalized spacial score (nSPS) is 20.0. The van der Waals surface area contributed by atoms with Crippen molar-refractivity contribution < 1.29 is 9.32 Å². The molecule has 1 aliphatic carbocycles. The van der Waals surface area contributed by atoms with E-state index in [-0.39, 0.29) is 5.91 Å². The summed E-state index contributed by atoms with van der Waals surface area (Å²) in [5.74, 6) is 2.56. The van der Waals surface area contributed by atoms with E-state index in [1.165, 1.54) is 18.4 Å². The zero-order chi connectivity index (χ0) is 19.4. The molecule has 3 rings (SSSR count). The van der Waals surface area contributed by atoms with Crippen LogP contribution in [0.2, 0.25) is 0 Å².